The van der Waals surface area contributed by atoms with Crippen molar-refractivity contribution in [3.05, 3.63) is 35.5 Å². The van der Waals surface area contributed by atoms with Crippen LogP contribution in [0.4, 0.5) is 5.95 Å². The molecule has 1 aromatic carbocycles. The molecule has 3 rings (SSSR count). The van der Waals surface area contributed by atoms with Gasteiger partial charge in [-0.3, -0.25) is 0 Å². The first-order valence-corrected chi connectivity index (χ1v) is 6.41. The minimum atomic E-state index is 0.722. The van der Waals surface area contributed by atoms with Crippen molar-refractivity contribution in [2.24, 2.45) is 0 Å². The summed E-state index contributed by atoms with van der Waals surface area (Å²) in [5, 5.41) is 8.87. The summed E-state index contributed by atoms with van der Waals surface area (Å²) < 4.78 is 0. The second-order valence-corrected chi connectivity index (χ2v) is 4.78. The van der Waals surface area contributed by atoms with E-state index < -0.39 is 0 Å². The minimum absolute atomic E-state index is 0.722. The molecule has 0 unspecified atom stereocenters. The fourth-order valence-corrected chi connectivity index (χ4v) is 2.23. The van der Waals surface area contributed by atoms with E-state index in [1.54, 1.807) is 6.20 Å². The molecule has 0 aliphatic carbocycles. The molecule has 2 heterocycles. The van der Waals surface area contributed by atoms with Crippen LogP contribution in [0.1, 0.15) is 12.8 Å². The number of benzene rings is 1. The lowest BCUT2D eigenvalue weighted by Gasteiger charge is -2.14. The van der Waals surface area contributed by atoms with E-state index in [-0.39, 0.29) is 0 Å². The molecule has 0 bridgehead atoms. The molecule has 0 amide bonds. The molecule has 1 aromatic heterocycles. The van der Waals surface area contributed by atoms with Crippen LogP contribution in [-0.4, -0.2) is 28.3 Å². The van der Waals surface area contributed by atoms with E-state index in [1.807, 2.05) is 24.3 Å². The highest BCUT2D eigenvalue weighted by molar-refractivity contribution is 6.30. The highest BCUT2D eigenvalue weighted by Crippen LogP contribution is 2.21. The Morgan fingerprint density at radius 1 is 1.06 bits per heavy atom. The van der Waals surface area contributed by atoms with Gasteiger partial charge >= 0.3 is 0 Å². The third kappa shape index (κ3) is 2.29. The third-order valence-corrected chi connectivity index (χ3v) is 3.33. The average molecular weight is 261 g/mol. The van der Waals surface area contributed by atoms with Crippen LogP contribution in [0, 0.1) is 0 Å². The Bertz CT molecular complexity index is 535. The summed E-state index contributed by atoms with van der Waals surface area (Å²) in [6.07, 6.45) is 4.09. The summed E-state index contributed by atoms with van der Waals surface area (Å²) >= 11 is 5.88. The van der Waals surface area contributed by atoms with Crippen molar-refractivity contribution in [3.63, 3.8) is 0 Å². The fourth-order valence-electron chi connectivity index (χ4n) is 2.10. The van der Waals surface area contributed by atoms with Crippen molar-refractivity contribution in [2.75, 3.05) is 18.0 Å². The molecule has 1 aliphatic heterocycles. The van der Waals surface area contributed by atoms with E-state index in [2.05, 4.69) is 20.1 Å². The van der Waals surface area contributed by atoms with Gasteiger partial charge in [0.1, 0.15) is 0 Å². The van der Waals surface area contributed by atoms with E-state index in [0.29, 0.717) is 0 Å². The van der Waals surface area contributed by atoms with Crippen LogP contribution >= 0.6 is 11.6 Å². The summed E-state index contributed by atoms with van der Waals surface area (Å²) in [5.74, 6) is 0.722. The maximum absolute atomic E-state index is 5.88. The second kappa shape index (κ2) is 4.90. The SMILES string of the molecule is Clc1ccc(-c2cnnc(N3CCCC3)n2)cc1. The molecule has 4 nitrogen and oxygen atoms in total. The standard InChI is InChI=1S/C13H13ClN4/c14-11-5-3-10(4-6-11)12-9-15-17-13(16-12)18-7-1-2-8-18/h3-6,9H,1-2,7-8H2. The lowest BCUT2D eigenvalue weighted by molar-refractivity contribution is 0.852. The van der Waals surface area contributed by atoms with Crippen LogP contribution < -0.4 is 4.90 Å². The topological polar surface area (TPSA) is 41.9 Å². The van der Waals surface area contributed by atoms with Crippen LogP contribution in [0.25, 0.3) is 11.3 Å². The first kappa shape index (κ1) is 11.4. The Hall–Kier alpha value is -1.68. The van der Waals surface area contributed by atoms with E-state index in [0.717, 1.165) is 35.3 Å². The number of hydrogen-bond acceptors (Lipinski definition) is 4. The van der Waals surface area contributed by atoms with E-state index in [1.165, 1.54) is 12.8 Å². The maximum atomic E-state index is 5.88. The van der Waals surface area contributed by atoms with Gasteiger partial charge in [-0.1, -0.05) is 23.7 Å². The molecule has 1 aliphatic rings. The zero-order chi connectivity index (χ0) is 12.4. The quantitative estimate of drug-likeness (QED) is 0.833. The van der Waals surface area contributed by atoms with Crippen molar-refractivity contribution in [3.8, 4) is 11.3 Å². The van der Waals surface area contributed by atoms with Crippen LogP contribution in [0.3, 0.4) is 0 Å². The number of aromatic nitrogens is 3. The monoisotopic (exact) mass is 260 g/mol. The van der Waals surface area contributed by atoms with Crippen molar-refractivity contribution in [1.29, 1.82) is 0 Å². The molecule has 0 spiro atoms. The number of nitrogens with zero attached hydrogens (tertiary/aromatic N) is 4. The Labute approximate surface area is 111 Å². The zero-order valence-corrected chi connectivity index (χ0v) is 10.6. The van der Waals surface area contributed by atoms with Crippen molar-refractivity contribution >= 4 is 17.5 Å². The summed E-state index contributed by atoms with van der Waals surface area (Å²) in [4.78, 5) is 6.74. The van der Waals surface area contributed by atoms with Gasteiger partial charge in [0.25, 0.3) is 0 Å². The number of anilines is 1. The molecule has 1 saturated heterocycles. The number of rotatable bonds is 2. The molecule has 0 radical (unpaired) electrons. The molecule has 0 atom stereocenters. The molecule has 0 saturated carbocycles. The first-order valence-electron chi connectivity index (χ1n) is 6.03. The fraction of sp³-hybridized carbons (Fsp3) is 0.308. The van der Waals surface area contributed by atoms with Gasteiger partial charge in [-0.15, -0.1) is 5.10 Å². The number of halogens is 1. The van der Waals surface area contributed by atoms with Crippen LogP contribution in [0.2, 0.25) is 5.02 Å². The van der Waals surface area contributed by atoms with Gasteiger partial charge in [0, 0.05) is 23.7 Å². The molecule has 5 heteroatoms. The first-order chi connectivity index (χ1) is 8.83. The number of hydrogen-bond donors (Lipinski definition) is 0. The Morgan fingerprint density at radius 2 is 1.78 bits per heavy atom. The normalized spacial score (nSPS) is 15.1. The highest BCUT2D eigenvalue weighted by Gasteiger charge is 2.15. The van der Waals surface area contributed by atoms with Crippen LogP contribution in [0.5, 0.6) is 0 Å². The Balaban J connectivity index is 1.92. The van der Waals surface area contributed by atoms with Gasteiger partial charge < -0.3 is 4.90 Å². The van der Waals surface area contributed by atoms with Gasteiger partial charge in [0.05, 0.1) is 11.9 Å². The van der Waals surface area contributed by atoms with Gasteiger partial charge in [-0.05, 0) is 25.0 Å². The molecule has 2 aromatic rings. The molecular formula is C13H13ClN4. The lowest BCUT2D eigenvalue weighted by Crippen LogP contribution is -2.20. The minimum Gasteiger partial charge on any atom is -0.340 e. The smallest absolute Gasteiger partial charge is 0.245 e. The van der Waals surface area contributed by atoms with Crippen molar-refractivity contribution in [1.82, 2.24) is 15.2 Å². The molecule has 18 heavy (non-hydrogen) atoms. The lowest BCUT2D eigenvalue weighted by atomic mass is 10.2. The third-order valence-electron chi connectivity index (χ3n) is 3.08. The maximum Gasteiger partial charge on any atom is 0.245 e. The predicted octanol–water partition coefficient (Wildman–Crippen LogP) is 2.79. The van der Waals surface area contributed by atoms with Gasteiger partial charge in [-0.25, -0.2) is 4.98 Å². The zero-order valence-electron chi connectivity index (χ0n) is 9.88. The summed E-state index contributed by atoms with van der Waals surface area (Å²) in [5.41, 5.74) is 1.85. The summed E-state index contributed by atoms with van der Waals surface area (Å²) in [6, 6.07) is 7.60. The molecule has 92 valence electrons. The van der Waals surface area contributed by atoms with Crippen LogP contribution in [-0.2, 0) is 0 Å². The molecule has 0 N–H and O–H groups in total. The van der Waals surface area contributed by atoms with Crippen molar-refractivity contribution < 1.29 is 0 Å². The van der Waals surface area contributed by atoms with Gasteiger partial charge in [0.2, 0.25) is 5.95 Å². The average Bonchev–Trinajstić information content (AvgIpc) is 2.94. The van der Waals surface area contributed by atoms with Crippen molar-refractivity contribution in [2.45, 2.75) is 12.8 Å². The van der Waals surface area contributed by atoms with E-state index >= 15 is 0 Å². The molecule has 1 fully saturated rings. The highest BCUT2D eigenvalue weighted by atomic mass is 35.5. The predicted molar refractivity (Wildman–Crippen MR) is 71.7 cm³/mol. The Kier molecular flexibility index (Phi) is 3.11. The molecular weight excluding hydrogens is 248 g/mol. The Morgan fingerprint density at radius 3 is 2.50 bits per heavy atom. The van der Waals surface area contributed by atoms with E-state index in [4.69, 9.17) is 11.6 Å². The van der Waals surface area contributed by atoms with Gasteiger partial charge in [-0.2, -0.15) is 5.10 Å². The summed E-state index contributed by atoms with van der Waals surface area (Å²) in [6.45, 7) is 2.04. The largest absolute Gasteiger partial charge is 0.340 e. The second-order valence-electron chi connectivity index (χ2n) is 4.34. The summed E-state index contributed by atoms with van der Waals surface area (Å²) in [7, 11) is 0. The van der Waals surface area contributed by atoms with E-state index in [9.17, 15) is 0 Å². The van der Waals surface area contributed by atoms with Gasteiger partial charge in [0.15, 0.2) is 0 Å². The van der Waals surface area contributed by atoms with Crippen LogP contribution in [0.15, 0.2) is 30.5 Å².